The summed E-state index contributed by atoms with van der Waals surface area (Å²) in [4.78, 5) is 0. The molecule has 0 aromatic rings. The molecule has 4 unspecified atom stereocenters. The van der Waals surface area contributed by atoms with Crippen LogP contribution in [0.25, 0.3) is 0 Å². The summed E-state index contributed by atoms with van der Waals surface area (Å²) < 4.78 is 0. The standard InChI is InChI=1S/C12H23NS/c1-8-5-6-13-11(9(2)14-8)10-7-12(10,3)4/h8-11,13H,5-7H2,1-4H3. The summed E-state index contributed by atoms with van der Waals surface area (Å²) in [5.41, 5.74) is 0.611. The average molecular weight is 213 g/mol. The molecule has 2 fully saturated rings. The normalized spacial score (nSPS) is 47.1. The zero-order valence-electron chi connectivity index (χ0n) is 9.84. The maximum Gasteiger partial charge on any atom is 0.0217 e. The molecular formula is C12H23NS. The summed E-state index contributed by atoms with van der Waals surface area (Å²) in [7, 11) is 0. The lowest BCUT2D eigenvalue weighted by molar-refractivity contribution is 0.406. The van der Waals surface area contributed by atoms with Crippen molar-refractivity contribution in [2.24, 2.45) is 11.3 Å². The van der Waals surface area contributed by atoms with Gasteiger partial charge >= 0.3 is 0 Å². The maximum atomic E-state index is 3.76. The van der Waals surface area contributed by atoms with E-state index >= 15 is 0 Å². The van der Waals surface area contributed by atoms with E-state index in [1.165, 1.54) is 19.4 Å². The highest BCUT2D eigenvalue weighted by atomic mass is 32.2. The average Bonchev–Trinajstić information content (AvgIpc) is 2.70. The monoisotopic (exact) mass is 213 g/mol. The lowest BCUT2D eigenvalue weighted by atomic mass is 10.0. The Balaban J connectivity index is 1.98. The van der Waals surface area contributed by atoms with Gasteiger partial charge in [0.1, 0.15) is 0 Å². The third kappa shape index (κ3) is 2.11. The van der Waals surface area contributed by atoms with Crippen molar-refractivity contribution in [2.75, 3.05) is 6.54 Å². The molecule has 0 spiro atoms. The predicted molar refractivity (Wildman–Crippen MR) is 64.8 cm³/mol. The number of hydrogen-bond donors (Lipinski definition) is 1. The molecule has 1 heterocycles. The van der Waals surface area contributed by atoms with Crippen molar-refractivity contribution in [2.45, 2.75) is 57.1 Å². The molecule has 4 atom stereocenters. The molecule has 1 nitrogen and oxygen atoms in total. The Morgan fingerprint density at radius 2 is 1.93 bits per heavy atom. The molecule has 82 valence electrons. The maximum absolute atomic E-state index is 3.76. The van der Waals surface area contributed by atoms with Gasteiger partial charge in [-0.25, -0.2) is 0 Å². The Kier molecular flexibility index (Phi) is 2.87. The second-order valence-electron chi connectivity index (χ2n) is 5.72. The Morgan fingerprint density at radius 1 is 1.29 bits per heavy atom. The van der Waals surface area contributed by atoms with E-state index in [1.54, 1.807) is 0 Å². The number of nitrogens with one attached hydrogen (secondary N) is 1. The Labute approximate surface area is 92.4 Å². The third-order valence-electron chi connectivity index (χ3n) is 3.91. The fourth-order valence-electron chi connectivity index (χ4n) is 2.73. The molecule has 1 saturated heterocycles. The number of rotatable bonds is 1. The Morgan fingerprint density at radius 3 is 2.50 bits per heavy atom. The fourth-order valence-corrected chi connectivity index (χ4v) is 4.17. The van der Waals surface area contributed by atoms with E-state index < -0.39 is 0 Å². The topological polar surface area (TPSA) is 12.0 Å². The molecule has 1 saturated carbocycles. The molecule has 2 heteroatoms. The van der Waals surface area contributed by atoms with Crippen molar-refractivity contribution in [3.8, 4) is 0 Å². The minimum absolute atomic E-state index is 0.611. The van der Waals surface area contributed by atoms with Crippen LogP contribution in [0.1, 0.15) is 40.5 Å². The van der Waals surface area contributed by atoms with Crippen LogP contribution in [0.3, 0.4) is 0 Å². The van der Waals surface area contributed by atoms with E-state index in [2.05, 4.69) is 44.8 Å². The molecule has 1 N–H and O–H groups in total. The molecule has 0 aromatic carbocycles. The highest BCUT2D eigenvalue weighted by molar-refractivity contribution is 8.00. The van der Waals surface area contributed by atoms with Crippen LogP contribution in [-0.2, 0) is 0 Å². The first-order valence-electron chi connectivity index (χ1n) is 5.89. The van der Waals surface area contributed by atoms with Gasteiger partial charge in [-0.1, -0.05) is 27.7 Å². The van der Waals surface area contributed by atoms with Gasteiger partial charge in [-0.05, 0) is 30.7 Å². The summed E-state index contributed by atoms with van der Waals surface area (Å²) >= 11 is 2.18. The van der Waals surface area contributed by atoms with Crippen molar-refractivity contribution < 1.29 is 0 Å². The van der Waals surface area contributed by atoms with E-state index in [0.29, 0.717) is 5.41 Å². The van der Waals surface area contributed by atoms with Crippen molar-refractivity contribution in [3.63, 3.8) is 0 Å². The zero-order chi connectivity index (χ0) is 10.3. The second-order valence-corrected chi connectivity index (χ2v) is 7.54. The van der Waals surface area contributed by atoms with Crippen molar-refractivity contribution in [1.82, 2.24) is 5.32 Å². The number of hydrogen-bond acceptors (Lipinski definition) is 2. The quantitative estimate of drug-likeness (QED) is 0.719. The molecule has 14 heavy (non-hydrogen) atoms. The van der Waals surface area contributed by atoms with Crippen LogP contribution in [0.4, 0.5) is 0 Å². The lowest BCUT2D eigenvalue weighted by Crippen LogP contribution is -2.38. The highest BCUT2D eigenvalue weighted by Gasteiger charge is 2.51. The summed E-state index contributed by atoms with van der Waals surface area (Å²) in [6.07, 6.45) is 2.75. The molecule has 2 rings (SSSR count). The summed E-state index contributed by atoms with van der Waals surface area (Å²) in [6, 6.07) is 0.764. The largest absolute Gasteiger partial charge is 0.313 e. The Bertz CT molecular complexity index is 214. The molecule has 1 aliphatic heterocycles. The fraction of sp³-hybridized carbons (Fsp3) is 1.00. The van der Waals surface area contributed by atoms with Gasteiger partial charge in [0, 0.05) is 16.5 Å². The minimum Gasteiger partial charge on any atom is -0.313 e. The van der Waals surface area contributed by atoms with Crippen LogP contribution in [0.2, 0.25) is 0 Å². The molecule has 2 aliphatic rings. The molecule has 0 amide bonds. The van der Waals surface area contributed by atoms with Gasteiger partial charge in [0.05, 0.1) is 0 Å². The van der Waals surface area contributed by atoms with Crippen LogP contribution in [0, 0.1) is 11.3 Å². The SMILES string of the molecule is CC1CCNC(C2CC2(C)C)C(C)S1. The van der Waals surface area contributed by atoms with Crippen molar-refractivity contribution in [1.29, 1.82) is 0 Å². The molecule has 1 aliphatic carbocycles. The van der Waals surface area contributed by atoms with Crippen LogP contribution < -0.4 is 5.32 Å². The van der Waals surface area contributed by atoms with Crippen molar-refractivity contribution >= 4 is 11.8 Å². The van der Waals surface area contributed by atoms with Gasteiger partial charge in [0.2, 0.25) is 0 Å². The molecular weight excluding hydrogens is 190 g/mol. The van der Waals surface area contributed by atoms with Crippen molar-refractivity contribution in [3.05, 3.63) is 0 Å². The van der Waals surface area contributed by atoms with E-state index in [4.69, 9.17) is 0 Å². The van der Waals surface area contributed by atoms with Gasteiger partial charge in [-0.15, -0.1) is 0 Å². The summed E-state index contributed by atoms with van der Waals surface area (Å²) in [6.45, 7) is 10.8. The molecule has 0 radical (unpaired) electrons. The Hall–Kier alpha value is 0.310. The number of thioether (sulfide) groups is 1. The minimum atomic E-state index is 0.611. The van der Waals surface area contributed by atoms with E-state index in [9.17, 15) is 0 Å². The van der Waals surface area contributed by atoms with Crippen LogP contribution >= 0.6 is 11.8 Å². The third-order valence-corrected chi connectivity index (χ3v) is 5.33. The zero-order valence-corrected chi connectivity index (χ0v) is 10.7. The van der Waals surface area contributed by atoms with E-state index in [0.717, 1.165) is 22.5 Å². The van der Waals surface area contributed by atoms with Crippen LogP contribution in [0.15, 0.2) is 0 Å². The first-order chi connectivity index (χ1) is 6.50. The lowest BCUT2D eigenvalue weighted by Gasteiger charge is -2.24. The molecule has 0 aromatic heterocycles. The van der Waals surface area contributed by atoms with Gasteiger partial charge in [-0.3, -0.25) is 0 Å². The smallest absolute Gasteiger partial charge is 0.0217 e. The second kappa shape index (κ2) is 3.71. The van der Waals surface area contributed by atoms with Gasteiger partial charge in [0.25, 0.3) is 0 Å². The first kappa shape index (κ1) is 10.8. The van der Waals surface area contributed by atoms with Gasteiger partial charge < -0.3 is 5.32 Å². The molecule has 0 bridgehead atoms. The van der Waals surface area contributed by atoms with Gasteiger partial charge in [0.15, 0.2) is 0 Å². The highest BCUT2D eigenvalue weighted by Crippen LogP contribution is 2.55. The van der Waals surface area contributed by atoms with Crippen LogP contribution in [0.5, 0.6) is 0 Å². The predicted octanol–water partition coefficient (Wildman–Crippen LogP) is 2.90. The van der Waals surface area contributed by atoms with E-state index in [-0.39, 0.29) is 0 Å². The van der Waals surface area contributed by atoms with Gasteiger partial charge in [-0.2, -0.15) is 11.8 Å². The summed E-state index contributed by atoms with van der Waals surface area (Å²) in [5, 5.41) is 5.39. The van der Waals surface area contributed by atoms with Crippen LogP contribution in [-0.4, -0.2) is 23.1 Å². The summed E-state index contributed by atoms with van der Waals surface area (Å²) in [5.74, 6) is 0.926. The first-order valence-corrected chi connectivity index (χ1v) is 6.84. The van der Waals surface area contributed by atoms with E-state index in [1.807, 2.05) is 0 Å².